The molecule has 18 heavy (non-hydrogen) atoms. The lowest BCUT2D eigenvalue weighted by molar-refractivity contribution is -0.142. The molecule has 102 valence electrons. The molecule has 1 rings (SSSR count). The van der Waals surface area contributed by atoms with E-state index in [2.05, 4.69) is 5.32 Å². The van der Waals surface area contributed by atoms with E-state index in [0.717, 1.165) is 0 Å². The normalized spacial score (nSPS) is 20.9. The van der Waals surface area contributed by atoms with Gasteiger partial charge in [-0.2, -0.15) is 11.8 Å². The Bertz CT molecular complexity index is 348. The van der Waals surface area contributed by atoms with Gasteiger partial charge in [-0.3, -0.25) is 9.59 Å². The topological polar surface area (TPSA) is 86.7 Å². The molecule has 0 aliphatic carbocycles. The molecular formula is C11H18N2O4S. The summed E-state index contributed by atoms with van der Waals surface area (Å²) in [6.07, 6.45) is 2.43. The minimum atomic E-state index is -1.03. The Morgan fingerprint density at radius 2 is 2.28 bits per heavy atom. The Labute approximate surface area is 110 Å². The summed E-state index contributed by atoms with van der Waals surface area (Å²) in [6.45, 7) is 0.361. The molecule has 1 heterocycles. The summed E-state index contributed by atoms with van der Waals surface area (Å²) in [6, 6.07) is -0.869. The molecule has 1 fully saturated rings. The van der Waals surface area contributed by atoms with Crippen LogP contribution in [0.5, 0.6) is 0 Å². The molecule has 0 aromatic rings. The molecule has 1 aliphatic heterocycles. The van der Waals surface area contributed by atoms with E-state index in [0.29, 0.717) is 18.7 Å². The van der Waals surface area contributed by atoms with Crippen molar-refractivity contribution in [3.63, 3.8) is 0 Å². The zero-order valence-corrected chi connectivity index (χ0v) is 11.3. The fourth-order valence-electron chi connectivity index (χ4n) is 1.82. The van der Waals surface area contributed by atoms with Crippen molar-refractivity contribution < 1.29 is 19.5 Å². The second-order valence-electron chi connectivity index (χ2n) is 4.36. The molecule has 0 bridgehead atoms. The summed E-state index contributed by atoms with van der Waals surface area (Å²) < 4.78 is 0. The van der Waals surface area contributed by atoms with E-state index < -0.39 is 17.9 Å². The van der Waals surface area contributed by atoms with E-state index in [1.165, 1.54) is 16.7 Å². The number of aliphatic carboxylic acids is 1. The molecule has 2 atom stereocenters. The van der Waals surface area contributed by atoms with Gasteiger partial charge in [0, 0.05) is 20.0 Å². The van der Waals surface area contributed by atoms with Crippen molar-refractivity contribution in [3.05, 3.63) is 0 Å². The van der Waals surface area contributed by atoms with E-state index in [-0.39, 0.29) is 18.2 Å². The first-order chi connectivity index (χ1) is 8.45. The van der Waals surface area contributed by atoms with E-state index in [1.807, 2.05) is 6.26 Å². The molecule has 6 nitrogen and oxygen atoms in total. The van der Waals surface area contributed by atoms with Gasteiger partial charge >= 0.3 is 5.97 Å². The third kappa shape index (κ3) is 3.90. The van der Waals surface area contributed by atoms with Gasteiger partial charge in [0.15, 0.2) is 0 Å². The Hall–Kier alpha value is -1.24. The quantitative estimate of drug-likeness (QED) is 0.699. The predicted octanol–water partition coefficient (Wildman–Crippen LogP) is -0.213. The van der Waals surface area contributed by atoms with Crippen LogP contribution in [0, 0.1) is 5.92 Å². The highest BCUT2D eigenvalue weighted by Crippen LogP contribution is 2.16. The molecule has 1 saturated heterocycles. The fraction of sp³-hybridized carbons (Fsp3) is 0.727. The Balaban J connectivity index is 2.51. The summed E-state index contributed by atoms with van der Waals surface area (Å²) >= 11 is 1.53. The number of carbonyl (C=O) groups is 3. The van der Waals surface area contributed by atoms with Crippen LogP contribution in [0.15, 0.2) is 0 Å². The van der Waals surface area contributed by atoms with Crippen LogP contribution in [0.1, 0.15) is 12.8 Å². The number of thioether (sulfide) groups is 1. The minimum Gasteiger partial charge on any atom is -0.480 e. The van der Waals surface area contributed by atoms with Gasteiger partial charge in [-0.05, 0) is 18.4 Å². The van der Waals surface area contributed by atoms with Gasteiger partial charge in [0.2, 0.25) is 11.8 Å². The number of nitrogens with one attached hydrogen (secondary N) is 1. The first-order valence-electron chi connectivity index (χ1n) is 5.71. The molecule has 0 radical (unpaired) electrons. The summed E-state index contributed by atoms with van der Waals surface area (Å²) in [7, 11) is 1.64. The van der Waals surface area contributed by atoms with Crippen molar-refractivity contribution in [2.45, 2.75) is 18.9 Å². The van der Waals surface area contributed by atoms with Crippen LogP contribution in [-0.2, 0) is 14.4 Å². The number of nitrogens with zero attached hydrogens (tertiary/aromatic N) is 1. The number of rotatable bonds is 6. The Morgan fingerprint density at radius 1 is 1.61 bits per heavy atom. The molecule has 2 N–H and O–H groups in total. The summed E-state index contributed by atoms with van der Waals surface area (Å²) in [4.78, 5) is 35.6. The van der Waals surface area contributed by atoms with Crippen molar-refractivity contribution in [1.82, 2.24) is 10.2 Å². The molecule has 2 amide bonds. The Morgan fingerprint density at radius 3 is 2.72 bits per heavy atom. The number of amides is 2. The number of carboxylic acids is 1. The van der Waals surface area contributed by atoms with Gasteiger partial charge in [-0.1, -0.05) is 0 Å². The van der Waals surface area contributed by atoms with E-state index in [1.54, 1.807) is 7.05 Å². The van der Waals surface area contributed by atoms with Crippen LogP contribution in [0.4, 0.5) is 0 Å². The lowest BCUT2D eigenvalue weighted by Crippen LogP contribution is -2.44. The number of hydrogen-bond acceptors (Lipinski definition) is 4. The second-order valence-corrected chi connectivity index (χ2v) is 5.34. The zero-order chi connectivity index (χ0) is 13.7. The molecule has 7 heteroatoms. The van der Waals surface area contributed by atoms with Crippen LogP contribution in [-0.4, -0.2) is 59.4 Å². The molecule has 1 aliphatic rings. The molecular weight excluding hydrogens is 256 g/mol. The lowest BCUT2D eigenvalue weighted by Gasteiger charge is -2.16. The van der Waals surface area contributed by atoms with Gasteiger partial charge in [-0.15, -0.1) is 0 Å². The number of carboxylic acid groups (broad SMARTS) is 1. The first-order valence-corrected chi connectivity index (χ1v) is 7.11. The van der Waals surface area contributed by atoms with Gasteiger partial charge in [0.25, 0.3) is 0 Å². The summed E-state index contributed by atoms with van der Waals surface area (Å²) in [5.74, 6) is -1.22. The SMILES string of the molecule is CSCC[C@H](NC(=O)C1CC(=O)N(C)C1)C(=O)O. The largest absolute Gasteiger partial charge is 0.480 e. The minimum absolute atomic E-state index is 0.0776. The number of hydrogen-bond donors (Lipinski definition) is 2. The highest BCUT2D eigenvalue weighted by atomic mass is 32.2. The van der Waals surface area contributed by atoms with Crippen molar-refractivity contribution in [2.24, 2.45) is 5.92 Å². The maximum atomic E-state index is 11.9. The van der Waals surface area contributed by atoms with Gasteiger partial charge in [-0.25, -0.2) is 4.79 Å². The summed E-state index contributed by atoms with van der Waals surface area (Å²) in [5, 5.41) is 11.5. The van der Waals surface area contributed by atoms with Gasteiger partial charge in [0.1, 0.15) is 6.04 Å². The van der Waals surface area contributed by atoms with E-state index >= 15 is 0 Å². The van der Waals surface area contributed by atoms with Gasteiger partial charge in [0.05, 0.1) is 5.92 Å². The second kappa shape index (κ2) is 6.63. The smallest absolute Gasteiger partial charge is 0.326 e. The molecule has 0 aromatic carbocycles. The monoisotopic (exact) mass is 274 g/mol. The predicted molar refractivity (Wildman–Crippen MR) is 68.3 cm³/mol. The van der Waals surface area contributed by atoms with E-state index in [4.69, 9.17) is 5.11 Å². The maximum absolute atomic E-state index is 11.9. The van der Waals surface area contributed by atoms with Crippen LogP contribution < -0.4 is 5.32 Å². The maximum Gasteiger partial charge on any atom is 0.326 e. The number of likely N-dealkylation sites (tertiary alicyclic amines) is 1. The summed E-state index contributed by atoms with van der Waals surface area (Å²) in [5.41, 5.74) is 0. The first kappa shape index (κ1) is 14.8. The van der Waals surface area contributed by atoms with Crippen molar-refractivity contribution in [1.29, 1.82) is 0 Å². The van der Waals surface area contributed by atoms with Gasteiger partial charge < -0.3 is 15.3 Å². The molecule has 0 saturated carbocycles. The van der Waals surface area contributed by atoms with E-state index in [9.17, 15) is 14.4 Å². The highest BCUT2D eigenvalue weighted by Gasteiger charge is 2.33. The number of carbonyl (C=O) groups excluding carboxylic acids is 2. The molecule has 0 spiro atoms. The third-order valence-corrected chi connectivity index (χ3v) is 3.58. The standard InChI is InChI=1S/C11H18N2O4S/c1-13-6-7(5-9(13)14)10(15)12-8(11(16)17)3-4-18-2/h7-8H,3-6H2,1-2H3,(H,12,15)(H,16,17)/t7?,8-/m0/s1. The highest BCUT2D eigenvalue weighted by molar-refractivity contribution is 7.98. The van der Waals surface area contributed by atoms with Crippen LogP contribution in [0.2, 0.25) is 0 Å². The molecule has 1 unspecified atom stereocenters. The van der Waals surface area contributed by atoms with Crippen molar-refractivity contribution in [3.8, 4) is 0 Å². The zero-order valence-electron chi connectivity index (χ0n) is 10.5. The lowest BCUT2D eigenvalue weighted by atomic mass is 10.1. The average molecular weight is 274 g/mol. The van der Waals surface area contributed by atoms with Crippen LogP contribution >= 0.6 is 11.8 Å². The van der Waals surface area contributed by atoms with Crippen LogP contribution in [0.3, 0.4) is 0 Å². The Kier molecular flexibility index (Phi) is 5.46. The third-order valence-electron chi connectivity index (χ3n) is 2.94. The fourth-order valence-corrected chi connectivity index (χ4v) is 2.29. The van der Waals surface area contributed by atoms with Crippen molar-refractivity contribution in [2.75, 3.05) is 25.6 Å². The molecule has 0 aromatic heterocycles. The van der Waals surface area contributed by atoms with Crippen molar-refractivity contribution >= 4 is 29.5 Å². The van der Waals surface area contributed by atoms with Crippen LogP contribution in [0.25, 0.3) is 0 Å². The average Bonchev–Trinajstić information content (AvgIpc) is 2.64.